The molecule has 3 nitrogen and oxygen atoms in total. The molecule has 104 valence electrons. The molecular weight excluding hydrogens is 277 g/mol. The molecule has 0 radical (unpaired) electrons. The molecule has 1 heterocycles. The van der Waals surface area contributed by atoms with E-state index in [1.54, 1.807) is 12.1 Å². The maximum absolute atomic E-state index is 13.6. The van der Waals surface area contributed by atoms with Crippen molar-refractivity contribution in [3.05, 3.63) is 51.2 Å². The molecule has 0 spiro atoms. The fraction of sp³-hybridized carbons (Fsp3) is 0.333. The van der Waals surface area contributed by atoms with Crippen molar-refractivity contribution < 1.29 is 14.3 Å². The minimum absolute atomic E-state index is 0.218. The van der Waals surface area contributed by atoms with Crippen molar-refractivity contribution in [1.29, 1.82) is 0 Å². The molecule has 0 aliphatic heterocycles. The van der Waals surface area contributed by atoms with Gasteiger partial charge in [0.2, 0.25) is 0 Å². The average molecular weight is 291 g/mol. The molecule has 0 fully saturated rings. The van der Waals surface area contributed by atoms with E-state index in [2.05, 4.69) is 4.98 Å². The summed E-state index contributed by atoms with van der Waals surface area (Å²) >= 11 is 1.52. The first-order valence-electron chi connectivity index (χ1n) is 6.57. The summed E-state index contributed by atoms with van der Waals surface area (Å²) in [6.07, 6.45) is 2.38. The Hall–Kier alpha value is -1.75. The Bertz CT molecular complexity index is 653. The Morgan fingerprint density at radius 2 is 2.25 bits per heavy atom. The zero-order valence-corrected chi connectivity index (χ0v) is 11.6. The Labute approximate surface area is 120 Å². The molecule has 1 aliphatic carbocycles. The number of benzene rings is 1. The highest BCUT2D eigenvalue weighted by atomic mass is 32.1. The monoisotopic (exact) mass is 291 g/mol. The van der Waals surface area contributed by atoms with Gasteiger partial charge in [0, 0.05) is 11.3 Å². The highest BCUT2D eigenvalue weighted by molar-refractivity contribution is 7.11. The van der Waals surface area contributed by atoms with Gasteiger partial charge >= 0.3 is 5.97 Å². The van der Waals surface area contributed by atoms with Crippen molar-refractivity contribution in [3.8, 4) is 0 Å². The molecular formula is C15H14FNO2S. The molecule has 20 heavy (non-hydrogen) atoms. The number of carboxylic acids is 1. The maximum atomic E-state index is 13.6. The number of aliphatic carboxylic acids is 1. The van der Waals surface area contributed by atoms with Gasteiger partial charge in [0.25, 0.3) is 0 Å². The molecule has 3 rings (SSSR count). The normalized spacial score (nSPS) is 17.8. The van der Waals surface area contributed by atoms with Crippen molar-refractivity contribution in [2.45, 2.75) is 25.7 Å². The number of rotatable bonds is 3. The summed E-state index contributed by atoms with van der Waals surface area (Å²) in [6.45, 7) is 0. The fourth-order valence-corrected chi connectivity index (χ4v) is 3.74. The zero-order chi connectivity index (χ0) is 14.1. The van der Waals surface area contributed by atoms with Crippen molar-refractivity contribution in [2.24, 2.45) is 5.92 Å². The van der Waals surface area contributed by atoms with E-state index >= 15 is 0 Å². The minimum atomic E-state index is -0.736. The largest absolute Gasteiger partial charge is 0.481 e. The second-order valence-corrected chi connectivity index (χ2v) is 6.19. The van der Waals surface area contributed by atoms with Crippen LogP contribution in [0.2, 0.25) is 0 Å². The molecule has 1 aliphatic rings. The van der Waals surface area contributed by atoms with Crippen LogP contribution in [0.25, 0.3) is 0 Å². The molecule has 0 bridgehead atoms. The van der Waals surface area contributed by atoms with E-state index in [1.807, 2.05) is 6.07 Å². The third kappa shape index (κ3) is 2.58. The van der Waals surface area contributed by atoms with Gasteiger partial charge < -0.3 is 5.11 Å². The van der Waals surface area contributed by atoms with Crippen LogP contribution in [0.4, 0.5) is 4.39 Å². The zero-order valence-electron chi connectivity index (χ0n) is 10.8. The van der Waals surface area contributed by atoms with E-state index in [1.165, 1.54) is 17.4 Å². The second kappa shape index (κ2) is 5.32. The van der Waals surface area contributed by atoms with E-state index in [-0.39, 0.29) is 11.7 Å². The van der Waals surface area contributed by atoms with Crippen LogP contribution in [0.5, 0.6) is 0 Å². The smallest absolute Gasteiger partial charge is 0.306 e. The SMILES string of the molecule is O=C(O)C1CCc2nc(Cc3ccccc3F)sc2C1. The summed E-state index contributed by atoms with van der Waals surface area (Å²) < 4.78 is 13.6. The molecule has 1 atom stereocenters. The van der Waals surface area contributed by atoms with Crippen LogP contribution in [-0.4, -0.2) is 16.1 Å². The number of fused-ring (bicyclic) bond motifs is 1. The van der Waals surface area contributed by atoms with Crippen LogP contribution < -0.4 is 0 Å². The number of hydrogen-bond acceptors (Lipinski definition) is 3. The number of thiazole rings is 1. The van der Waals surface area contributed by atoms with Gasteiger partial charge in [-0.05, 0) is 30.9 Å². The molecule has 1 aromatic heterocycles. The number of aromatic nitrogens is 1. The van der Waals surface area contributed by atoms with Gasteiger partial charge in [0.05, 0.1) is 16.6 Å². The van der Waals surface area contributed by atoms with E-state index < -0.39 is 5.97 Å². The van der Waals surface area contributed by atoms with E-state index in [9.17, 15) is 9.18 Å². The topological polar surface area (TPSA) is 50.2 Å². The maximum Gasteiger partial charge on any atom is 0.306 e. The van der Waals surface area contributed by atoms with Crippen LogP contribution in [0.1, 0.15) is 27.6 Å². The number of halogens is 1. The van der Waals surface area contributed by atoms with Crippen molar-refractivity contribution in [3.63, 3.8) is 0 Å². The van der Waals surface area contributed by atoms with Gasteiger partial charge in [0.1, 0.15) is 5.82 Å². The molecule has 1 aromatic carbocycles. The van der Waals surface area contributed by atoms with Gasteiger partial charge in [-0.3, -0.25) is 4.79 Å². The second-order valence-electron chi connectivity index (χ2n) is 5.02. The number of nitrogens with zero attached hydrogens (tertiary/aromatic N) is 1. The van der Waals surface area contributed by atoms with Gasteiger partial charge in [-0.2, -0.15) is 0 Å². The lowest BCUT2D eigenvalue weighted by Crippen LogP contribution is -2.21. The highest BCUT2D eigenvalue weighted by Crippen LogP contribution is 2.31. The number of hydrogen-bond donors (Lipinski definition) is 1. The first-order valence-corrected chi connectivity index (χ1v) is 7.39. The first-order chi connectivity index (χ1) is 9.63. The Morgan fingerprint density at radius 3 is 3.00 bits per heavy atom. The third-order valence-corrected chi connectivity index (χ3v) is 4.75. The molecule has 0 amide bonds. The van der Waals surface area contributed by atoms with Crippen LogP contribution >= 0.6 is 11.3 Å². The van der Waals surface area contributed by atoms with E-state index in [4.69, 9.17) is 5.11 Å². The number of carboxylic acid groups (broad SMARTS) is 1. The molecule has 5 heteroatoms. The van der Waals surface area contributed by atoms with E-state index in [0.717, 1.165) is 15.6 Å². The van der Waals surface area contributed by atoms with Crippen molar-refractivity contribution in [1.82, 2.24) is 4.98 Å². The predicted molar refractivity (Wildman–Crippen MR) is 74.5 cm³/mol. The third-order valence-electron chi connectivity index (χ3n) is 3.63. The van der Waals surface area contributed by atoms with Crippen LogP contribution in [0.15, 0.2) is 24.3 Å². The number of carbonyl (C=O) groups is 1. The van der Waals surface area contributed by atoms with Gasteiger partial charge in [-0.15, -0.1) is 11.3 Å². The minimum Gasteiger partial charge on any atom is -0.481 e. The Kier molecular flexibility index (Phi) is 3.53. The standard InChI is InChI=1S/C15H14FNO2S/c16-11-4-2-1-3-9(11)8-14-17-12-6-5-10(15(18)19)7-13(12)20-14/h1-4,10H,5-8H2,(H,18,19). The molecule has 0 saturated carbocycles. The fourth-order valence-electron chi connectivity index (χ4n) is 2.52. The van der Waals surface area contributed by atoms with Gasteiger partial charge in [0.15, 0.2) is 0 Å². The Morgan fingerprint density at radius 1 is 1.45 bits per heavy atom. The molecule has 1 N–H and O–H groups in total. The highest BCUT2D eigenvalue weighted by Gasteiger charge is 2.27. The summed E-state index contributed by atoms with van der Waals surface area (Å²) in [7, 11) is 0. The summed E-state index contributed by atoms with van der Waals surface area (Å²) in [5, 5.41) is 9.94. The van der Waals surface area contributed by atoms with E-state index in [0.29, 0.717) is 31.2 Å². The lowest BCUT2D eigenvalue weighted by atomic mass is 9.91. The Balaban J connectivity index is 1.81. The summed E-state index contributed by atoms with van der Waals surface area (Å²) in [5.74, 6) is -1.26. The van der Waals surface area contributed by atoms with Gasteiger partial charge in [-0.25, -0.2) is 9.37 Å². The van der Waals surface area contributed by atoms with Crippen molar-refractivity contribution in [2.75, 3.05) is 0 Å². The molecule has 0 saturated heterocycles. The van der Waals surface area contributed by atoms with Crippen LogP contribution in [-0.2, 0) is 24.1 Å². The quantitative estimate of drug-likeness (QED) is 0.945. The summed E-state index contributed by atoms with van der Waals surface area (Å²) in [6, 6.07) is 6.69. The first kappa shape index (κ1) is 13.2. The molecule has 1 unspecified atom stereocenters. The van der Waals surface area contributed by atoms with Gasteiger partial charge in [-0.1, -0.05) is 18.2 Å². The number of aryl methyl sites for hydroxylation is 1. The van der Waals surface area contributed by atoms with Crippen LogP contribution in [0.3, 0.4) is 0 Å². The lowest BCUT2D eigenvalue weighted by Gasteiger charge is -2.16. The summed E-state index contributed by atoms with van der Waals surface area (Å²) in [5.41, 5.74) is 1.63. The molecule has 2 aromatic rings. The summed E-state index contributed by atoms with van der Waals surface area (Å²) in [4.78, 5) is 16.6. The van der Waals surface area contributed by atoms with Crippen LogP contribution in [0, 0.1) is 11.7 Å². The van der Waals surface area contributed by atoms with Crippen molar-refractivity contribution >= 4 is 17.3 Å². The predicted octanol–water partition coefficient (Wildman–Crippen LogP) is 3.06. The average Bonchev–Trinajstić information content (AvgIpc) is 2.82. The lowest BCUT2D eigenvalue weighted by molar-refractivity contribution is -0.142.